The normalized spacial score (nSPS) is 28.1. The third kappa shape index (κ3) is 1.79. The van der Waals surface area contributed by atoms with Gasteiger partial charge in [0.2, 0.25) is 0 Å². The molecule has 1 aliphatic carbocycles. The predicted molar refractivity (Wildman–Crippen MR) is 39.1 cm³/mol. The molecule has 0 heterocycles. The molecular formula is C8H12O3. The molecule has 0 amide bonds. The second kappa shape index (κ2) is 3.03. The zero-order chi connectivity index (χ0) is 8.43. The lowest BCUT2D eigenvalue weighted by atomic mass is 10.1. The third-order valence-electron chi connectivity index (χ3n) is 2.02. The van der Waals surface area contributed by atoms with E-state index in [0.29, 0.717) is 12.8 Å². The summed E-state index contributed by atoms with van der Waals surface area (Å²) >= 11 is 0. The molecule has 0 spiro atoms. The minimum Gasteiger partial charge on any atom is -0.481 e. The highest BCUT2D eigenvalue weighted by Crippen LogP contribution is 2.40. The van der Waals surface area contributed by atoms with Gasteiger partial charge < -0.3 is 5.11 Å². The van der Waals surface area contributed by atoms with Crippen LogP contribution in [-0.4, -0.2) is 16.9 Å². The van der Waals surface area contributed by atoms with E-state index in [2.05, 4.69) is 0 Å². The smallest absolute Gasteiger partial charge is 0.307 e. The number of hydrogen-bond acceptors (Lipinski definition) is 2. The lowest BCUT2D eigenvalue weighted by molar-refractivity contribution is -0.140. The summed E-state index contributed by atoms with van der Waals surface area (Å²) in [5.74, 6) is -1.22. The summed E-state index contributed by atoms with van der Waals surface area (Å²) in [6, 6.07) is 0. The summed E-state index contributed by atoms with van der Waals surface area (Å²) in [4.78, 5) is 21.4. The molecule has 3 heteroatoms. The maximum Gasteiger partial charge on any atom is 0.307 e. The van der Waals surface area contributed by atoms with Gasteiger partial charge in [-0.2, -0.15) is 0 Å². The van der Waals surface area contributed by atoms with Crippen LogP contribution in [0.4, 0.5) is 0 Å². The molecule has 11 heavy (non-hydrogen) atoms. The number of carbonyl (C=O) groups excluding carboxylic acids is 1. The second-order valence-electron chi connectivity index (χ2n) is 3.00. The molecular weight excluding hydrogens is 144 g/mol. The lowest BCUT2D eigenvalue weighted by Crippen LogP contribution is -2.06. The first-order valence-electron chi connectivity index (χ1n) is 3.92. The van der Waals surface area contributed by atoms with Crippen LogP contribution in [0.15, 0.2) is 0 Å². The van der Waals surface area contributed by atoms with Gasteiger partial charge in [0.25, 0.3) is 0 Å². The van der Waals surface area contributed by atoms with E-state index in [4.69, 9.17) is 5.11 Å². The van der Waals surface area contributed by atoms with Gasteiger partial charge in [0.1, 0.15) is 5.78 Å². The summed E-state index contributed by atoms with van der Waals surface area (Å²) in [5.41, 5.74) is 0. The molecule has 1 saturated carbocycles. The van der Waals surface area contributed by atoms with Crippen LogP contribution in [0.2, 0.25) is 0 Å². The zero-order valence-corrected chi connectivity index (χ0v) is 6.54. The molecule has 0 bridgehead atoms. The van der Waals surface area contributed by atoms with Crippen LogP contribution < -0.4 is 0 Å². The first kappa shape index (κ1) is 8.24. The molecule has 0 radical (unpaired) electrons. The summed E-state index contributed by atoms with van der Waals surface area (Å²) in [7, 11) is 0. The molecule has 0 saturated heterocycles. The van der Waals surface area contributed by atoms with E-state index < -0.39 is 5.97 Å². The molecule has 3 nitrogen and oxygen atoms in total. The Labute approximate surface area is 65.4 Å². The maximum absolute atomic E-state index is 11.1. The van der Waals surface area contributed by atoms with Gasteiger partial charge in [-0.25, -0.2) is 0 Å². The first-order chi connectivity index (χ1) is 5.16. The molecule has 0 aromatic carbocycles. The standard InChI is InChI=1S/C8H12O3/c1-2-3-7(9)5-4-6(5)8(10)11/h5-6H,2-4H2,1H3,(H,10,11)/t5-,6-/m1/s1. The van der Waals surface area contributed by atoms with Crippen LogP contribution in [0, 0.1) is 11.8 Å². The first-order valence-corrected chi connectivity index (χ1v) is 3.92. The summed E-state index contributed by atoms with van der Waals surface area (Å²) in [6.07, 6.45) is 1.92. The van der Waals surface area contributed by atoms with Gasteiger partial charge in [-0.05, 0) is 12.8 Å². The maximum atomic E-state index is 11.1. The van der Waals surface area contributed by atoms with Crippen molar-refractivity contribution in [1.29, 1.82) is 0 Å². The Morgan fingerprint density at radius 3 is 2.45 bits per heavy atom. The van der Waals surface area contributed by atoms with E-state index in [1.54, 1.807) is 0 Å². The Kier molecular flexibility index (Phi) is 2.27. The zero-order valence-electron chi connectivity index (χ0n) is 6.54. The van der Waals surface area contributed by atoms with Crippen LogP contribution in [0.1, 0.15) is 26.2 Å². The van der Waals surface area contributed by atoms with Gasteiger partial charge in [0.15, 0.2) is 0 Å². The van der Waals surface area contributed by atoms with Crippen molar-refractivity contribution < 1.29 is 14.7 Å². The molecule has 0 aliphatic heterocycles. The molecule has 62 valence electrons. The lowest BCUT2D eigenvalue weighted by Gasteiger charge is -1.93. The molecule has 1 fully saturated rings. The van der Waals surface area contributed by atoms with Gasteiger partial charge in [-0.1, -0.05) is 6.92 Å². The van der Waals surface area contributed by atoms with E-state index in [0.717, 1.165) is 6.42 Å². The van der Waals surface area contributed by atoms with Crippen LogP contribution in [-0.2, 0) is 9.59 Å². The number of carboxylic acid groups (broad SMARTS) is 1. The Morgan fingerprint density at radius 1 is 1.45 bits per heavy atom. The average Bonchev–Trinajstić information content (AvgIpc) is 2.65. The Hall–Kier alpha value is -0.860. The van der Waals surface area contributed by atoms with Crippen LogP contribution in [0.5, 0.6) is 0 Å². The van der Waals surface area contributed by atoms with Crippen LogP contribution in [0.25, 0.3) is 0 Å². The topological polar surface area (TPSA) is 54.4 Å². The highest BCUT2D eigenvalue weighted by molar-refractivity contribution is 5.90. The van der Waals surface area contributed by atoms with Crippen LogP contribution in [0.3, 0.4) is 0 Å². The van der Waals surface area contributed by atoms with E-state index in [1.807, 2.05) is 6.92 Å². The van der Waals surface area contributed by atoms with E-state index in [1.165, 1.54) is 0 Å². The fourth-order valence-electron chi connectivity index (χ4n) is 1.26. The number of ketones is 1. The number of rotatable bonds is 4. The molecule has 0 aromatic heterocycles. The summed E-state index contributed by atoms with van der Waals surface area (Å²) in [6.45, 7) is 1.93. The van der Waals surface area contributed by atoms with Crippen LogP contribution >= 0.6 is 0 Å². The largest absolute Gasteiger partial charge is 0.481 e. The number of hydrogen-bond donors (Lipinski definition) is 1. The van der Waals surface area contributed by atoms with Crippen molar-refractivity contribution in [2.45, 2.75) is 26.2 Å². The number of Topliss-reactive ketones (excluding diaryl/α,β-unsaturated/α-hetero) is 1. The van der Waals surface area contributed by atoms with Crippen molar-refractivity contribution in [3.8, 4) is 0 Å². The van der Waals surface area contributed by atoms with E-state index >= 15 is 0 Å². The molecule has 1 rings (SSSR count). The van der Waals surface area contributed by atoms with Gasteiger partial charge in [-0.15, -0.1) is 0 Å². The van der Waals surface area contributed by atoms with Crippen molar-refractivity contribution >= 4 is 11.8 Å². The van der Waals surface area contributed by atoms with Crippen molar-refractivity contribution in [3.05, 3.63) is 0 Å². The second-order valence-corrected chi connectivity index (χ2v) is 3.00. The molecule has 2 atom stereocenters. The fraction of sp³-hybridized carbons (Fsp3) is 0.750. The quantitative estimate of drug-likeness (QED) is 0.662. The van der Waals surface area contributed by atoms with E-state index in [-0.39, 0.29) is 17.6 Å². The minimum absolute atomic E-state index is 0.125. The monoisotopic (exact) mass is 156 g/mol. The van der Waals surface area contributed by atoms with E-state index in [9.17, 15) is 9.59 Å². The highest BCUT2D eigenvalue weighted by Gasteiger charge is 2.47. The minimum atomic E-state index is -0.820. The van der Waals surface area contributed by atoms with Crippen molar-refractivity contribution in [2.24, 2.45) is 11.8 Å². The van der Waals surface area contributed by atoms with Crippen molar-refractivity contribution in [1.82, 2.24) is 0 Å². The number of carbonyl (C=O) groups is 2. The summed E-state index contributed by atoms with van der Waals surface area (Å²) < 4.78 is 0. The van der Waals surface area contributed by atoms with Gasteiger partial charge in [0, 0.05) is 12.3 Å². The van der Waals surface area contributed by atoms with Crippen molar-refractivity contribution in [3.63, 3.8) is 0 Å². The van der Waals surface area contributed by atoms with Gasteiger partial charge in [-0.3, -0.25) is 9.59 Å². The molecule has 1 N–H and O–H groups in total. The number of aliphatic carboxylic acids is 1. The predicted octanol–water partition coefficient (Wildman–Crippen LogP) is 1.08. The Morgan fingerprint density at radius 2 is 2.09 bits per heavy atom. The molecule has 0 unspecified atom stereocenters. The van der Waals surface area contributed by atoms with Gasteiger partial charge in [0.05, 0.1) is 5.92 Å². The highest BCUT2D eigenvalue weighted by atomic mass is 16.4. The Bertz CT molecular complexity index is 186. The number of carboxylic acids is 1. The molecule has 0 aromatic rings. The average molecular weight is 156 g/mol. The van der Waals surface area contributed by atoms with Gasteiger partial charge >= 0.3 is 5.97 Å². The SMILES string of the molecule is CCCC(=O)[C@@H]1C[C@H]1C(=O)O. The third-order valence-corrected chi connectivity index (χ3v) is 2.02. The van der Waals surface area contributed by atoms with Crippen molar-refractivity contribution in [2.75, 3.05) is 0 Å². The summed E-state index contributed by atoms with van der Waals surface area (Å²) in [5, 5.41) is 8.49. The fourth-order valence-corrected chi connectivity index (χ4v) is 1.26. The molecule has 1 aliphatic rings. The Balaban J connectivity index is 2.32.